The minimum absolute atomic E-state index is 0.360. The average Bonchev–Trinajstić information content (AvgIpc) is 2.37. The van der Waals surface area contributed by atoms with Crippen molar-refractivity contribution in [1.82, 2.24) is 4.98 Å². The van der Waals surface area contributed by atoms with Gasteiger partial charge in [-0.2, -0.15) is 0 Å². The second-order valence-electron chi connectivity index (χ2n) is 3.51. The Balaban J connectivity index is 2.41. The summed E-state index contributed by atoms with van der Waals surface area (Å²) in [6.45, 7) is 0. The zero-order valence-electron chi connectivity index (χ0n) is 9.01. The lowest BCUT2D eigenvalue weighted by atomic mass is 10.0. The Labute approximate surface area is 98.4 Å². The second-order valence-corrected chi connectivity index (χ2v) is 3.51. The Morgan fingerprint density at radius 2 is 2.12 bits per heavy atom. The number of carbonyl (C=O) groups is 1. The minimum atomic E-state index is -0.360. The van der Waals surface area contributed by atoms with E-state index < -0.39 is 0 Å². The number of rotatable bonds is 3. The molecule has 17 heavy (non-hydrogen) atoms. The van der Waals surface area contributed by atoms with Crippen LogP contribution in [0.25, 0.3) is 11.6 Å². The molecule has 0 aliphatic heterocycles. The Bertz CT molecular complexity index is 549. The fraction of sp³-hybridized carbons (Fsp3) is 0. The van der Waals surface area contributed by atoms with E-state index in [1.165, 1.54) is 12.1 Å². The highest BCUT2D eigenvalue weighted by Gasteiger charge is 2.01. The number of hydrogen-bond acceptors (Lipinski definition) is 2. The maximum Gasteiger partial charge on any atom is 0.150 e. The molecule has 2 rings (SSSR count). The van der Waals surface area contributed by atoms with Gasteiger partial charge in [-0.05, 0) is 35.4 Å². The number of carbonyl (C=O) groups excluding carboxylic acids is 1. The van der Waals surface area contributed by atoms with Gasteiger partial charge in [0.15, 0.2) is 6.29 Å². The summed E-state index contributed by atoms with van der Waals surface area (Å²) in [5.74, 6) is -0.360. The molecule has 0 spiro atoms. The van der Waals surface area contributed by atoms with Gasteiger partial charge in [0.1, 0.15) is 5.82 Å². The summed E-state index contributed by atoms with van der Waals surface area (Å²) in [5, 5.41) is 0. The van der Waals surface area contributed by atoms with Crippen LogP contribution < -0.4 is 0 Å². The molecule has 1 aromatic heterocycles. The first-order valence-corrected chi connectivity index (χ1v) is 5.12. The van der Waals surface area contributed by atoms with Gasteiger partial charge in [0.05, 0.1) is 0 Å². The molecule has 2 nitrogen and oxygen atoms in total. The first-order chi connectivity index (χ1) is 8.29. The molecule has 0 radical (unpaired) electrons. The van der Waals surface area contributed by atoms with Crippen molar-refractivity contribution in [3.63, 3.8) is 0 Å². The number of pyridine rings is 1. The summed E-state index contributed by atoms with van der Waals surface area (Å²) in [6.07, 6.45) is 5.68. The molecular formula is C14H10FNO. The van der Waals surface area contributed by atoms with E-state index in [9.17, 15) is 9.18 Å². The lowest BCUT2D eigenvalue weighted by Gasteiger charge is -2.00. The number of aromatic nitrogens is 1. The third-order valence-electron chi connectivity index (χ3n) is 2.29. The van der Waals surface area contributed by atoms with E-state index in [-0.39, 0.29) is 5.82 Å². The first-order valence-electron chi connectivity index (χ1n) is 5.12. The van der Waals surface area contributed by atoms with Crippen LogP contribution in [0.4, 0.5) is 4.39 Å². The van der Waals surface area contributed by atoms with Crippen LogP contribution in [0, 0.1) is 5.82 Å². The Kier molecular flexibility index (Phi) is 3.40. The van der Waals surface area contributed by atoms with Crippen molar-refractivity contribution in [3.05, 3.63) is 65.7 Å². The van der Waals surface area contributed by atoms with Crippen molar-refractivity contribution in [2.75, 3.05) is 0 Å². The topological polar surface area (TPSA) is 30.0 Å². The van der Waals surface area contributed by atoms with E-state index in [4.69, 9.17) is 0 Å². The molecule has 0 aliphatic rings. The van der Waals surface area contributed by atoms with E-state index in [1.54, 1.807) is 36.7 Å². The van der Waals surface area contributed by atoms with Crippen molar-refractivity contribution < 1.29 is 9.18 Å². The number of aldehydes is 1. The smallest absolute Gasteiger partial charge is 0.150 e. The lowest BCUT2D eigenvalue weighted by molar-refractivity contribution is -0.103. The fourth-order valence-electron chi connectivity index (χ4n) is 1.49. The second kappa shape index (κ2) is 5.16. The highest BCUT2D eigenvalue weighted by atomic mass is 19.1. The molecule has 0 aliphatic carbocycles. The average molecular weight is 227 g/mol. The standard InChI is InChI=1S/C14H10FNO/c15-14-5-1-4-12(8-14)13(10-17)7-11-3-2-6-16-9-11/h1-10H. The van der Waals surface area contributed by atoms with Gasteiger partial charge in [0.25, 0.3) is 0 Å². The van der Waals surface area contributed by atoms with Crippen molar-refractivity contribution in [2.45, 2.75) is 0 Å². The predicted molar refractivity (Wildman–Crippen MR) is 64.6 cm³/mol. The van der Waals surface area contributed by atoms with Crippen LogP contribution in [0.2, 0.25) is 0 Å². The summed E-state index contributed by atoms with van der Waals surface area (Å²) >= 11 is 0. The van der Waals surface area contributed by atoms with E-state index in [0.29, 0.717) is 17.4 Å². The third-order valence-corrected chi connectivity index (χ3v) is 2.29. The highest BCUT2D eigenvalue weighted by Crippen LogP contribution is 2.16. The summed E-state index contributed by atoms with van der Waals surface area (Å²) in [5.41, 5.74) is 1.79. The molecule has 1 aromatic carbocycles. The van der Waals surface area contributed by atoms with Crippen LogP contribution in [0.1, 0.15) is 11.1 Å². The summed E-state index contributed by atoms with van der Waals surface area (Å²) < 4.78 is 13.0. The highest BCUT2D eigenvalue weighted by molar-refractivity contribution is 6.13. The van der Waals surface area contributed by atoms with E-state index >= 15 is 0 Å². The quantitative estimate of drug-likeness (QED) is 0.596. The van der Waals surface area contributed by atoms with Crippen LogP contribution >= 0.6 is 0 Å². The number of halogens is 1. The van der Waals surface area contributed by atoms with Crippen molar-refractivity contribution in [3.8, 4) is 0 Å². The summed E-state index contributed by atoms with van der Waals surface area (Å²) in [6, 6.07) is 9.55. The SMILES string of the molecule is O=CC(=Cc1cccnc1)c1cccc(F)c1. The Morgan fingerprint density at radius 1 is 1.24 bits per heavy atom. The molecule has 0 bridgehead atoms. The molecule has 0 amide bonds. The normalized spacial score (nSPS) is 11.2. The van der Waals surface area contributed by atoms with Gasteiger partial charge in [0, 0.05) is 18.0 Å². The van der Waals surface area contributed by atoms with E-state index in [2.05, 4.69) is 4.98 Å². The zero-order valence-corrected chi connectivity index (χ0v) is 9.01. The molecule has 1 heterocycles. The molecule has 0 fully saturated rings. The van der Waals surface area contributed by atoms with Crippen molar-refractivity contribution in [2.24, 2.45) is 0 Å². The summed E-state index contributed by atoms with van der Waals surface area (Å²) in [4.78, 5) is 15.0. The largest absolute Gasteiger partial charge is 0.298 e. The number of allylic oxidation sites excluding steroid dienone is 1. The molecule has 0 saturated heterocycles. The Morgan fingerprint density at radius 3 is 2.76 bits per heavy atom. The van der Waals surface area contributed by atoms with E-state index in [1.807, 2.05) is 6.07 Å². The van der Waals surface area contributed by atoms with Crippen LogP contribution in [0.5, 0.6) is 0 Å². The van der Waals surface area contributed by atoms with Gasteiger partial charge >= 0.3 is 0 Å². The molecular weight excluding hydrogens is 217 g/mol. The number of benzene rings is 1. The van der Waals surface area contributed by atoms with E-state index in [0.717, 1.165) is 5.56 Å². The predicted octanol–water partition coefficient (Wildman–Crippen LogP) is 2.96. The van der Waals surface area contributed by atoms with Gasteiger partial charge in [-0.15, -0.1) is 0 Å². The molecule has 0 saturated carbocycles. The molecule has 0 unspecified atom stereocenters. The third kappa shape index (κ3) is 2.84. The van der Waals surface area contributed by atoms with Crippen molar-refractivity contribution >= 4 is 17.9 Å². The molecule has 2 aromatic rings. The van der Waals surface area contributed by atoms with Crippen molar-refractivity contribution in [1.29, 1.82) is 0 Å². The Hall–Kier alpha value is -2.29. The van der Waals surface area contributed by atoms with Gasteiger partial charge < -0.3 is 0 Å². The molecule has 0 atom stereocenters. The van der Waals surface area contributed by atoms with Crippen LogP contribution in [0.3, 0.4) is 0 Å². The molecule has 84 valence electrons. The van der Waals surface area contributed by atoms with Crippen LogP contribution in [-0.2, 0) is 4.79 Å². The van der Waals surface area contributed by atoms with Gasteiger partial charge in [0.2, 0.25) is 0 Å². The van der Waals surface area contributed by atoms with Gasteiger partial charge in [-0.1, -0.05) is 18.2 Å². The maximum absolute atomic E-state index is 13.0. The lowest BCUT2D eigenvalue weighted by Crippen LogP contribution is -1.87. The van der Waals surface area contributed by atoms with Crippen LogP contribution in [0.15, 0.2) is 48.8 Å². The van der Waals surface area contributed by atoms with Gasteiger partial charge in [-0.25, -0.2) is 4.39 Å². The van der Waals surface area contributed by atoms with Crippen LogP contribution in [-0.4, -0.2) is 11.3 Å². The minimum Gasteiger partial charge on any atom is -0.298 e. The zero-order chi connectivity index (χ0) is 12.1. The monoisotopic (exact) mass is 227 g/mol. The fourth-order valence-corrected chi connectivity index (χ4v) is 1.49. The number of hydrogen-bond donors (Lipinski definition) is 0. The summed E-state index contributed by atoms with van der Waals surface area (Å²) in [7, 11) is 0. The first kappa shape index (κ1) is 11.2. The molecule has 0 N–H and O–H groups in total. The number of nitrogens with zero attached hydrogens (tertiary/aromatic N) is 1. The van der Waals surface area contributed by atoms with Gasteiger partial charge in [-0.3, -0.25) is 9.78 Å². The molecule has 3 heteroatoms. The maximum atomic E-state index is 13.0.